The molecule has 0 radical (unpaired) electrons. The number of hydrogen-bond acceptors (Lipinski definition) is 3. The van der Waals surface area contributed by atoms with Gasteiger partial charge in [-0.3, -0.25) is 9.59 Å². The summed E-state index contributed by atoms with van der Waals surface area (Å²) in [6.07, 6.45) is 3.55. The van der Waals surface area contributed by atoms with Gasteiger partial charge in [0, 0.05) is 6.42 Å². The summed E-state index contributed by atoms with van der Waals surface area (Å²) in [5.74, 6) is -0.375. The number of carboxylic acids is 1. The molecule has 17 heavy (non-hydrogen) atoms. The second-order valence-electron chi connectivity index (χ2n) is 4.88. The van der Waals surface area contributed by atoms with Crippen molar-refractivity contribution in [2.24, 2.45) is 11.3 Å². The highest BCUT2D eigenvalue weighted by molar-refractivity contribution is 5.66. The van der Waals surface area contributed by atoms with Crippen molar-refractivity contribution in [2.45, 2.75) is 52.9 Å². The van der Waals surface area contributed by atoms with Crippen molar-refractivity contribution in [2.75, 3.05) is 6.61 Å². The number of ether oxygens (including phenoxy) is 1. The van der Waals surface area contributed by atoms with E-state index in [1.54, 1.807) is 0 Å². The van der Waals surface area contributed by atoms with E-state index in [0.717, 1.165) is 19.3 Å². The second-order valence-corrected chi connectivity index (χ2v) is 4.88. The van der Waals surface area contributed by atoms with Crippen molar-refractivity contribution in [1.82, 2.24) is 0 Å². The van der Waals surface area contributed by atoms with Crippen molar-refractivity contribution in [3.63, 3.8) is 0 Å². The molecule has 0 aromatic carbocycles. The summed E-state index contributed by atoms with van der Waals surface area (Å²) in [6, 6.07) is 0. The Kier molecular flexibility index (Phi) is 7.59. The third kappa shape index (κ3) is 5.71. The Morgan fingerprint density at radius 1 is 1.35 bits per heavy atom. The molecule has 1 N–H and O–H groups in total. The molecular formula is C13H24O4. The van der Waals surface area contributed by atoms with Gasteiger partial charge in [-0.25, -0.2) is 0 Å². The molecule has 0 spiro atoms. The van der Waals surface area contributed by atoms with Gasteiger partial charge in [0.1, 0.15) is 0 Å². The zero-order valence-electron chi connectivity index (χ0n) is 11.1. The maximum atomic E-state index is 10.7. The molecule has 4 nitrogen and oxygen atoms in total. The van der Waals surface area contributed by atoms with E-state index in [1.807, 2.05) is 0 Å². The molecule has 0 fully saturated rings. The zero-order valence-corrected chi connectivity index (χ0v) is 11.1. The molecule has 0 aliphatic heterocycles. The van der Waals surface area contributed by atoms with Crippen LogP contribution in [0.4, 0.5) is 0 Å². The van der Waals surface area contributed by atoms with Gasteiger partial charge in [-0.05, 0) is 30.6 Å². The summed E-state index contributed by atoms with van der Waals surface area (Å²) < 4.78 is 4.76. The fourth-order valence-corrected chi connectivity index (χ4v) is 2.41. The summed E-state index contributed by atoms with van der Waals surface area (Å²) in [5, 5.41) is 8.81. The van der Waals surface area contributed by atoms with Crippen molar-refractivity contribution in [1.29, 1.82) is 0 Å². The van der Waals surface area contributed by atoms with Crippen LogP contribution in [0, 0.1) is 11.3 Å². The number of carboxylic acid groups (broad SMARTS) is 1. The number of aliphatic carboxylic acids is 1. The van der Waals surface area contributed by atoms with Gasteiger partial charge in [-0.15, -0.1) is 0 Å². The van der Waals surface area contributed by atoms with Gasteiger partial charge in [0.15, 0.2) is 0 Å². The number of hydrogen-bond donors (Lipinski definition) is 1. The summed E-state index contributed by atoms with van der Waals surface area (Å²) in [6.45, 7) is 7.14. The zero-order chi connectivity index (χ0) is 13.3. The maximum Gasteiger partial charge on any atom is 0.303 e. The third-order valence-electron chi connectivity index (χ3n) is 3.60. The van der Waals surface area contributed by atoms with Crippen LogP contribution in [0.2, 0.25) is 0 Å². The molecular weight excluding hydrogens is 220 g/mol. The lowest BCUT2D eigenvalue weighted by Crippen LogP contribution is -2.30. The Labute approximate surface area is 103 Å². The average molecular weight is 244 g/mol. The molecule has 4 heteroatoms. The van der Waals surface area contributed by atoms with E-state index in [0.29, 0.717) is 25.4 Å². The molecule has 0 amide bonds. The highest BCUT2D eigenvalue weighted by Gasteiger charge is 2.33. The van der Waals surface area contributed by atoms with E-state index in [4.69, 9.17) is 9.84 Å². The Balaban J connectivity index is 4.59. The van der Waals surface area contributed by atoms with Crippen LogP contribution in [-0.4, -0.2) is 24.2 Å². The second kappa shape index (κ2) is 8.09. The molecule has 100 valence electrons. The Hall–Kier alpha value is -1.06. The van der Waals surface area contributed by atoms with Crippen LogP contribution in [0.3, 0.4) is 0 Å². The SMILES string of the molecule is CCCC(CCOC=O)(CCC(=O)O)C(C)C. The molecule has 1 atom stereocenters. The van der Waals surface area contributed by atoms with E-state index in [2.05, 4.69) is 20.8 Å². The largest absolute Gasteiger partial charge is 0.481 e. The van der Waals surface area contributed by atoms with Gasteiger partial charge >= 0.3 is 5.97 Å². The van der Waals surface area contributed by atoms with Crippen molar-refractivity contribution >= 4 is 12.4 Å². The summed E-state index contributed by atoms with van der Waals surface area (Å²) in [7, 11) is 0. The van der Waals surface area contributed by atoms with E-state index in [9.17, 15) is 9.59 Å². The molecule has 0 heterocycles. The van der Waals surface area contributed by atoms with Crippen LogP contribution in [0.25, 0.3) is 0 Å². The Morgan fingerprint density at radius 3 is 2.41 bits per heavy atom. The molecule has 0 aromatic rings. The van der Waals surface area contributed by atoms with Crippen LogP contribution in [0.5, 0.6) is 0 Å². The van der Waals surface area contributed by atoms with Gasteiger partial charge in [0.25, 0.3) is 6.47 Å². The first-order valence-corrected chi connectivity index (χ1v) is 6.25. The summed E-state index contributed by atoms with van der Waals surface area (Å²) in [4.78, 5) is 20.9. The lowest BCUT2D eigenvalue weighted by molar-refractivity contribution is -0.138. The quantitative estimate of drug-likeness (QED) is 0.474. The molecule has 0 bridgehead atoms. The first kappa shape index (κ1) is 15.9. The molecule has 0 rings (SSSR count). The fourth-order valence-electron chi connectivity index (χ4n) is 2.41. The van der Waals surface area contributed by atoms with Crippen molar-refractivity contribution in [3.8, 4) is 0 Å². The highest BCUT2D eigenvalue weighted by Crippen LogP contribution is 2.41. The topological polar surface area (TPSA) is 63.6 Å². The minimum Gasteiger partial charge on any atom is -0.481 e. The predicted octanol–water partition coefficient (Wildman–Crippen LogP) is 2.86. The summed E-state index contributed by atoms with van der Waals surface area (Å²) >= 11 is 0. The van der Waals surface area contributed by atoms with E-state index < -0.39 is 5.97 Å². The van der Waals surface area contributed by atoms with Gasteiger partial charge in [0.2, 0.25) is 0 Å². The normalized spacial score (nSPS) is 14.4. The van der Waals surface area contributed by atoms with Gasteiger partial charge in [0.05, 0.1) is 6.61 Å². The van der Waals surface area contributed by atoms with Gasteiger partial charge in [-0.1, -0.05) is 27.2 Å². The fraction of sp³-hybridized carbons (Fsp3) is 0.846. The molecule has 0 saturated carbocycles. The Bertz CT molecular complexity index is 238. The first-order valence-electron chi connectivity index (χ1n) is 6.25. The van der Waals surface area contributed by atoms with E-state index >= 15 is 0 Å². The van der Waals surface area contributed by atoms with Crippen molar-refractivity contribution in [3.05, 3.63) is 0 Å². The van der Waals surface area contributed by atoms with Gasteiger partial charge < -0.3 is 9.84 Å². The monoisotopic (exact) mass is 244 g/mol. The average Bonchev–Trinajstić information content (AvgIpc) is 2.25. The highest BCUT2D eigenvalue weighted by atomic mass is 16.5. The first-order chi connectivity index (χ1) is 7.98. The van der Waals surface area contributed by atoms with Crippen LogP contribution >= 0.6 is 0 Å². The van der Waals surface area contributed by atoms with Crippen LogP contribution in [-0.2, 0) is 14.3 Å². The van der Waals surface area contributed by atoms with Crippen LogP contribution in [0.1, 0.15) is 52.9 Å². The van der Waals surface area contributed by atoms with E-state index in [1.165, 1.54) is 0 Å². The van der Waals surface area contributed by atoms with Gasteiger partial charge in [-0.2, -0.15) is 0 Å². The number of carbonyl (C=O) groups excluding carboxylic acids is 1. The smallest absolute Gasteiger partial charge is 0.303 e. The Morgan fingerprint density at radius 2 is 2.00 bits per heavy atom. The van der Waals surface area contributed by atoms with Crippen LogP contribution < -0.4 is 0 Å². The third-order valence-corrected chi connectivity index (χ3v) is 3.60. The maximum absolute atomic E-state index is 10.7. The van der Waals surface area contributed by atoms with Crippen molar-refractivity contribution < 1.29 is 19.4 Å². The predicted molar refractivity (Wildman–Crippen MR) is 65.7 cm³/mol. The molecule has 0 aromatic heterocycles. The number of carbonyl (C=O) groups is 2. The molecule has 0 aliphatic carbocycles. The molecule has 0 aliphatic rings. The lowest BCUT2D eigenvalue weighted by atomic mass is 9.68. The molecule has 1 unspecified atom stereocenters. The molecule has 0 saturated heterocycles. The standard InChI is InChI=1S/C13H24O4/c1-4-6-13(11(2)3,7-5-12(15)16)8-9-17-10-14/h10-11H,4-9H2,1-3H3,(H,15,16). The minimum absolute atomic E-state index is 0.0316. The van der Waals surface area contributed by atoms with E-state index in [-0.39, 0.29) is 11.8 Å². The summed E-state index contributed by atoms with van der Waals surface area (Å²) in [5.41, 5.74) is -0.0316. The number of rotatable bonds is 10. The minimum atomic E-state index is -0.762. The lowest BCUT2D eigenvalue weighted by Gasteiger charge is -2.37. The van der Waals surface area contributed by atoms with Crippen LogP contribution in [0.15, 0.2) is 0 Å².